The van der Waals surface area contributed by atoms with E-state index in [4.69, 9.17) is 9.47 Å². The number of nitrogens with zero attached hydrogens (tertiary/aromatic N) is 3. The number of piperidine rings is 1. The summed E-state index contributed by atoms with van der Waals surface area (Å²) in [4.78, 5) is 50.9. The lowest BCUT2D eigenvalue weighted by molar-refractivity contribution is -0.157. The van der Waals surface area contributed by atoms with Gasteiger partial charge in [-0.3, -0.25) is 9.59 Å². The van der Waals surface area contributed by atoms with E-state index in [0.717, 1.165) is 17.5 Å². The molecule has 9 nitrogen and oxygen atoms in total. The van der Waals surface area contributed by atoms with Crippen LogP contribution in [-0.4, -0.2) is 58.3 Å². The zero-order chi connectivity index (χ0) is 21.0. The number of esters is 2. The van der Waals surface area contributed by atoms with Crippen molar-refractivity contribution in [2.45, 2.75) is 32.2 Å². The molecule has 1 atom stereocenters. The van der Waals surface area contributed by atoms with Crippen LogP contribution in [0.3, 0.4) is 0 Å². The van der Waals surface area contributed by atoms with Crippen molar-refractivity contribution >= 4 is 28.6 Å². The molecule has 2 aromatic rings. The molecule has 0 saturated carbocycles. The van der Waals surface area contributed by atoms with Gasteiger partial charge in [-0.2, -0.15) is 5.10 Å². The standard InChI is InChI=1S/C20H23N3O6/c1-3-28-19(26)15-10-6-7-11-23(15)16(24)12-29-20(27)17-13-8-4-5-9-14(13)18(25)22(2)21-17/h4-5,8-9,15H,3,6-7,10-12H2,1-2H3. The minimum atomic E-state index is -0.810. The highest BCUT2D eigenvalue weighted by molar-refractivity contribution is 6.02. The quantitative estimate of drug-likeness (QED) is 0.689. The second kappa shape index (κ2) is 8.85. The number of carbonyl (C=O) groups excluding carboxylic acids is 3. The van der Waals surface area contributed by atoms with Gasteiger partial charge >= 0.3 is 11.9 Å². The van der Waals surface area contributed by atoms with E-state index in [1.54, 1.807) is 31.2 Å². The monoisotopic (exact) mass is 401 g/mol. The molecule has 1 aromatic carbocycles. The van der Waals surface area contributed by atoms with Crippen LogP contribution < -0.4 is 5.56 Å². The lowest BCUT2D eigenvalue weighted by Gasteiger charge is -2.33. The Balaban J connectivity index is 1.74. The van der Waals surface area contributed by atoms with Crippen molar-refractivity contribution in [2.24, 2.45) is 7.05 Å². The van der Waals surface area contributed by atoms with Crippen molar-refractivity contribution in [3.63, 3.8) is 0 Å². The highest BCUT2D eigenvalue weighted by Crippen LogP contribution is 2.19. The van der Waals surface area contributed by atoms with Crippen LogP contribution in [0, 0.1) is 0 Å². The zero-order valence-electron chi connectivity index (χ0n) is 16.4. The number of aryl methyl sites for hydroxylation is 1. The summed E-state index contributed by atoms with van der Waals surface area (Å²) in [5, 5.41) is 4.68. The number of benzene rings is 1. The maximum absolute atomic E-state index is 12.6. The lowest BCUT2D eigenvalue weighted by Crippen LogP contribution is -2.50. The highest BCUT2D eigenvalue weighted by atomic mass is 16.5. The Hall–Kier alpha value is -3.23. The second-order valence-corrected chi connectivity index (χ2v) is 6.75. The summed E-state index contributed by atoms with van der Waals surface area (Å²) in [7, 11) is 1.44. The van der Waals surface area contributed by atoms with Crippen LogP contribution in [0.5, 0.6) is 0 Å². The largest absolute Gasteiger partial charge is 0.464 e. The fourth-order valence-corrected chi connectivity index (χ4v) is 3.44. The van der Waals surface area contributed by atoms with Crippen molar-refractivity contribution < 1.29 is 23.9 Å². The van der Waals surface area contributed by atoms with Gasteiger partial charge in [-0.05, 0) is 32.3 Å². The summed E-state index contributed by atoms with van der Waals surface area (Å²) < 4.78 is 11.3. The predicted octanol–water partition coefficient (Wildman–Crippen LogP) is 1.03. The van der Waals surface area contributed by atoms with Crippen LogP contribution in [0.4, 0.5) is 0 Å². The number of ether oxygens (including phenoxy) is 2. The van der Waals surface area contributed by atoms with Gasteiger partial charge in [0.15, 0.2) is 12.3 Å². The number of aromatic nitrogens is 2. The summed E-state index contributed by atoms with van der Waals surface area (Å²) in [5.74, 6) is -1.72. The fraction of sp³-hybridized carbons (Fsp3) is 0.450. The van der Waals surface area contributed by atoms with Crippen molar-refractivity contribution in [1.29, 1.82) is 0 Å². The van der Waals surface area contributed by atoms with E-state index < -0.39 is 30.5 Å². The molecule has 1 saturated heterocycles. The van der Waals surface area contributed by atoms with Crippen molar-refractivity contribution in [3.8, 4) is 0 Å². The summed E-state index contributed by atoms with van der Waals surface area (Å²) in [6, 6.07) is 5.91. The predicted molar refractivity (Wildman–Crippen MR) is 103 cm³/mol. The number of hydrogen-bond donors (Lipinski definition) is 0. The zero-order valence-corrected chi connectivity index (χ0v) is 16.4. The molecule has 1 fully saturated rings. The van der Waals surface area contributed by atoms with Gasteiger partial charge in [0.05, 0.1) is 12.0 Å². The molecule has 29 heavy (non-hydrogen) atoms. The van der Waals surface area contributed by atoms with Gasteiger partial charge in [-0.15, -0.1) is 0 Å². The first-order valence-corrected chi connectivity index (χ1v) is 9.53. The molecule has 3 rings (SSSR count). The Labute approximate surface area is 167 Å². The van der Waals surface area contributed by atoms with E-state index in [2.05, 4.69) is 5.10 Å². The maximum atomic E-state index is 12.6. The normalized spacial score (nSPS) is 16.5. The number of fused-ring (bicyclic) bond motifs is 1. The van der Waals surface area contributed by atoms with E-state index in [1.165, 1.54) is 11.9 Å². The minimum Gasteiger partial charge on any atom is -0.464 e. The number of likely N-dealkylation sites (tertiary alicyclic amines) is 1. The van der Waals surface area contributed by atoms with Crippen LogP contribution >= 0.6 is 0 Å². The van der Waals surface area contributed by atoms with E-state index in [1.807, 2.05) is 0 Å². The number of carbonyl (C=O) groups is 3. The summed E-state index contributed by atoms with van der Waals surface area (Å²) in [5.41, 5.74) is -0.380. The SMILES string of the molecule is CCOC(=O)C1CCCCN1C(=O)COC(=O)c1nn(C)c(=O)c2ccccc12. The Morgan fingerprint density at radius 3 is 2.59 bits per heavy atom. The third kappa shape index (κ3) is 4.28. The number of amides is 1. The Morgan fingerprint density at radius 2 is 1.86 bits per heavy atom. The molecule has 1 aliphatic rings. The molecule has 0 radical (unpaired) electrons. The first-order valence-electron chi connectivity index (χ1n) is 9.53. The average molecular weight is 401 g/mol. The van der Waals surface area contributed by atoms with Crippen molar-refractivity contribution in [3.05, 3.63) is 40.3 Å². The molecule has 0 spiro atoms. The van der Waals surface area contributed by atoms with Crippen molar-refractivity contribution in [2.75, 3.05) is 19.8 Å². The lowest BCUT2D eigenvalue weighted by atomic mass is 10.0. The minimum absolute atomic E-state index is 0.0453. The third-order valence-electron chi connectivity index (χ3n) is 4.86. The first-order chi connectivity index (χ1) is 13.9. The summed E-state index contributed by atoms with van der Waals surface area (Å²) in [6.45, 7) is 1.82. The molecule has 1 unspecified atom stereocenters. The van der Waals surface area contributed by atoms with Gasteiger partial charge in [0.1, 0.15) is 6.04 Å². The molecule has 2 heterocycles. The highest BCUT2D eigenvalue weighted by Gasteiger charge is 2.33. The van der Waals surface area contributed by atoms with E-state index in [-0.39, 0.29) is 17.9 Å². The van der Waals surface area contributed by atoms with E-state index in [0.29, 0.717) is 23.7 Å². The Kier molecular flexibility index (Phi) is 6.26. The molecule has 154 valence electrons. The van der Waals surface area contributed by atoms with Gasteiger partial charge in [0.25, 0.3) is 11.5 Å². The molecule has 9 heteroatoms. The molecule has 0 aliphatic carbocycles. The van der Waals surface area contributed by atoms with Crippen LogP contribution in [-0.2, 0) is 26.1 Å². The molecular weight excluding hydrogens is 378 g/mol. The topological polar surface area (TPSA) is 108 Å². The van der Waals surface area contributed by atoms with Crippen LogP contribution in [0.2, 0.25) is 0 Å². The molecule has 0 N–H and O–H groups in total. The van der Waals surface area contributed by atoms with Gasteiger partial charge in [-0.1, -0.05) is 18.2 Å². The number of rotatable bonds is 5. The smallest absolute Gasteiger partial charge is 0.359 e. The maximum Gasteiger partial charge on any atom is 0.359 e. The van der Waals surface area contributed by atoms with E-state index in [9.17, 15) is 19.2 Å². The molecule has 1 amide bonds. The van der Waals surface area contributed by atoms with Gasteiger partial charge in [-0.25, -0.2) is 14.3 Å². The molecule has 0 bridgehead atoms. The molecule has 1 aliphatic heterocycles. The van der Waals surface area contributed by atoms with Crippen molar-refractivity contribution in [1.82, 2.24) is 14.7 Å². The van der Waals surface area contributed by atoms with E-state index >= 15 is 0 Å². The van der Waals surface area contributed by atoms with Gasteiger partial charge in [0.2, 0.25) is 0 Å². The van der Waals surface area contributed by atoms with Crippen LogP contribution in [0.25, 0.3) is 10.8 Å². The second-order valence-electron chi connectivity index (χ2n) is 6.75. The first kappa shape index (κ1) is 20.5. The summed E-state index contributed by atoms with van der Waals surface area (Å²) in [6.07, 6.45) is 2.11. The van der Waals surface area contributed by atoms with Gasteiger partial charge in [0, 0.05) is 19.0 Å². The van der Waals surface area contributed by atoms with Gasteiger partial charge < -0.3 is 14.4 Å². The van der Waals surface area contributed by atoms with Crippen LogP contribution in [0.1, 0.15) is 36.7 Å². The Bertz CT molecular complexity index is 999. The Morgan fingerprint density at radius 1 is 1.14 bits per heavy atom. The fourth-order valence-electron chi connectivity index (χ4n) is 3.44. The molecule has 1 aromatic heterocycles. The molecular formula is C20H23N3O6. The third-order valence-corrected chi connectivity index (χ3v) is 4.86. The number of hydrogen-bond acceptors (Lipinski definition) is 7. The van der Waals surface area contributed by atoms with Crippen LogP contribution in [0.15, 0.2) is 29.1 Å². The summed E-state index contributed by atoms with van der Waals surface area (Å²) >= 11 is 0. The average Bonchev–Trinajstić information content (AvgIpc) is 2.74.